The molecule has 1 aromatic carbocycles. The van der Waals surface area contributed by atoms with E-state index in [2.05, 4.69) is 0 Å². The highest BCUT2D eigenvalue weighted by molar-refractivity contribution is 6.31. The molecule has 0 aromatic heterocycles. The minimum absolute atomic E-state index is 0.0728. The SMILES string of the molecule is CCN(CC1CCC1)C(=O)c1cc(Cl)ccc1[N+](=O)[O-]. The van der Waals surface area contributed by atoms with Crippen LogP contribution in [0.15, 0.2) is 18.2 Å². The predicted molar refractivity (Wildman–Crippen MR) is 77.0 cm³/mol. The molecule has 0 unspecified atom stereocenters. The van der Waals surface area contributed by atoms with Crippen molar-refractivity contribution in [1.82, 2.24) is 4.90 Å². The summed E-state index contributed by atoms with van der Waals surface area (Å²) in [5.74, 6) is 0.214. The average molecular weight is 297 g/mol. The number of carbonyl (C=O) groups excluding carboxylic acids is 1. The highest BCUT2D eigenvalue weighted by atomic mass is 35.5. The Morgan fingerprint density at radius 3 is 2.70 bits per heavy atom. The van der Waals surface area contributed by atoms with E-state index in [1.807, 2.05) is 6.92 Å². The van der Waals surface area contributed by atoms with Gasteiger partial charge < -0.3 is 4.90 Å². The first-order chi connectivity index (χ1) is 9.52. The molecule has 1 aliphatic carbocycles. The molecule has 1 saturated carbocycles. The van der Waals surface area contributed by atoms with Crippen molar-refractivity contribution >= 4 is 23.2 Å². The molecule has 0 N–H and O–H groups in total. The van der Waals surface area contributed by atoms with E-state index in [0.717, 1.165) is 12.8 Å². The Kier molecular flexibility index (Phi) is 4.60. The van der Waals surface area contributed by atoms with Crippen molar-refractivity contribution in [3.8, 4) is 0 Å². The van der Waals surface area contributed by atoms with Crippen LogP contribution in [0.1, 0.15) is 36.5 Å². The van der Waals surface area contributed by atoms with Crippen LogP contribution in [0.2, 0.25) is 5.02 Å². The van der Waals surface area contributed by atoms with Gasteiger partial charge >= 0.3 is 0 Å². The first-order valence-corrected chi connectivity index (χ1v) is 7.14. The van der Waals surface area contributed by atoms with E-state index in [9.17, 15) is 14.9 Å². The molecule has 1 fully saturated rings. The summed E-state index contributed by atoms with van der Waals surface area (Å²) in [6.07, 6.45) is 3.45. The molecule has 0 aliphatic heterocycles. The van der Waals surface area contributed by atoms with Crippen LogP contribution in [0.5, 0.6) is 0 Å². The van der Waals surface area contributed by atoms with Gasteiger partial charge in [-0.1, -0.05) is 18.0 Å². The number of nitro benzene ring substituents is 1. The van der Waals surface area contributed by atoms with Gasteiger partial charge in [0.05, 0.1) is 4.92 Å². The molecule has 6 heteroatoms. The Morgan fingerprint density at radius 1 is 1.50 bits per heavy atom. The Bertz CT molecular complexity index is 529. The molecule has 108 valence electrons. The zero-order valence-electron chi connectivity index (χ0n) is 11.3. The van der Waals surface area contributed by atoms with Gasteiger partial charge in [-0.25, -0.2) is 0 Å². The molecule has 5 nitrogen and oxygen atoms in total. The quantitative estimate of drug-likeness (QED) is 0.617. The summed E-state index contributed by atoms with van der Waals surface area (Å²) >= 11 is 5.86. The smallest absolute Gasteiger partial charge is 0.282 e. The van der Waals surface area contributed by atoms with Crippen LogP contribution in [-0.2, 0) is 0 Å². The number of carbonyl (C=O) groups is 1. The Labute approximate surface area is 122 Å². The van der Waals surface area contributed by atoms with Crippen molar-refractivity contribution in [3.63, 3.8) is 0 Å². The second-order valence-corrected chi connectivity index (χ2v) is 5.50. The molecule has 0 radical (unpaired) electrons. The van der Waals surface area contributed by atoms with E-state index < -0.39 is 4.92 Å². The maximum atomic E-state index is 12.5. The van der Waals surface area contributed by atoms with E-state index in [1.54, 1.807) is 4.90 Å². The number of nitro groups is 1. The molecule has 0 heterocycles. The minimum atomic E-state index is -0.541. The van der Waals surface area contributed by atoms with Gasteiger partial charge in [0.15, 0.2) is 0 Å². The number of amides is 1. The van der Waals surface area contributed by atoms with Crippen molar-refractivity contribution in [3.05, 3.63) is 38.9 Å². The third-order valence-electron chi connectivity index (χ3n) is 3.76. The lowest BCUT2D eigenvalue weighted by molar-refractivity contribution is -0.385. The number of rotatable bonds is 5. The Hall–Kier alpha value is -1.62. The molecule has 2 rings (SSSR count). The van der Waals surface area contributed by atoms with Crippen LogP contribution in [0, 0.1) is 16.0 Å². The van der Waals surface area contributed by atoms with Gasteiger partial charge in [-0.15, -0.1) is 0 Å². The van der Waals surface area contributed by atoms with Crippen LogP contribution in [0.3, 0.4) is 0 Å². The normalized spacial score (nSPS) is 14.7. The fourth-order valence-electron chi connectivity index (χ4n) is 2.35. The monoisotopic (exact) mass is 296 g/mol. The van der Waals surface area contributed by atoms with E-state index in [1.165, 1.54) is 24.6 Å². The lowest BCUT2D eigenvalue weighted by Gasteiger charge is -2.31. The highest BCUT2D eigenvalue weighted by Gasteiger charge is 2.27. The van der Waals surface area contributed by atoms with Crippen molar-refractivity contribution < 1.29 is 9.72 Å². The van der Waals surface area contributed by atoms with E-state index in [-0.39, 0.29) is 17.2 Å². The maximum Gasteiger partial charge on any atom is 0.282 e. The fraction of sp³-hybridized carbons (Fsp3) is 0.500. The summed E-state index contributed by atoms with van der Waals surface area (Å²) in [4.78, 5) is 24.6. The summed E-state index contributed by atoms with van der Waals surface area (Å²) in [6.45, 7) is 3.09. The zero-order valence-corrected chi connectivity index (χ0v) is 12.1. The molecular weight excluding hydrogens is 280 g/mol. The van der Waals surface area contributed by atoms with E-state index >= 15 is 0 Å². The van der Waals surface area contributed by atoms with Crippen LogP contribution in [0.4, 0.5) is 5.69 Å². The fourth-order valence-corrected chi connectivity index (χ4v) is 2.52. The van der Waals surface area contributed by atoms with Crippen molar-refractivity contribution in [1.29, 1.82) is 0 Å². The molecule has 20 heavy (non-hydrogen) atoms. The molecule has 0 atom stereocenters. The third-order valence-corrected chi connectivity index (χ3v) is 3.99. The lowest BCUT2D eigenvalue weighted by Crippen LogP contribution is -2.37. The first-order valence-electron chi connectivity index (χ1n) is 6.76. The second kappa shape index (κ2) is 6.22. The van der Waals surface area contributed by atoms with Gasteiger partial charge in [0.25, 0.3) is 11.6 Å². The van der Waals surface area contributed by atoms with Crippen LogP contribution >= 0.6 is 11.6 Å². The molecule has 0 spiro atoms. The van der Waals surface area contributed by atoms with E-state index in [4.69, 9.17) is 11.6 Å². The van der Waals surface area contributed by atoms with Crippen molar-refractivity contribution in [2.75, 3.05) is 13.1 Å². The van der Waals surface area contributed by atoms with Gasteiger partial charge in [0.1, 0.15) is 5.56 Å². The largest absolute Gasteiger partial charge is 0.338 e. The summed E-state index contributed by atoms with van der Waals surface area (Å²) < 4.78 is 0. The number of halogens is 1. The number of benzene rings is 1. The Morgan fingerprint density at radius 2 is 2.20 bits per heavy atom. The zero-order chi connectivity index (χ0) is 14.7. The van der Waals surface area contributed by atoms with Gasteiger partial charge in [-0.05, 0) is 37.8 Å². The second-order valence-electron chi connectivity index (χ2n) is 5.06. The van der Waals surface area contributed by atoms with Crippen LogP contribution in [-0.4, -0.2) is 28.8 Å². The van der Waals surface area contributed by atoms with Crippen LogP contribution in [0.25, 0.3) is 0 Å². The van der Waals surface area contributed by atoms with Gasteiger partial charge in [-0.3, -0.25) is 14.9 Å². The van der Waals surface area contributed by atoms with Gasteiger partial charge in [-0.2, -0.15) is 0 Å². The molecule has 1 aliphatic rings. The average Bonchev–Trinajstić information content (AvgIpc) is 2.36. The number of hydrogen-bond acceptors (Lipinski definition) is 3. The number of hydrogen-bond donors (Lipinski definition) is 0. The van der Waals surface area contributed by atoms with Crippen LogP contribution < -0.4 is 0 Å². The standard InChI is InChI=1S/C14H17ClN2O3/c1-2-16(9-10-4-3-5-10)14(18)12-8-11(15)6-7-13(12)17(19)20/h6-8,10H,2-5,9H2,1H3. The maximum absolute atomic E-state index is 12.5. The number of nitrogens with zero attached hydrogens (tertiary/aromatic N) is 2. The van der Waals surface area contributed by atoms with E-state index in [0.29, 0.717) is 24.0 Å². The van der Waals surface area contributed by atoms with Crippen molar-refractivity contribution in [2.24, 2.45) is 5.92 Å². The van der Waals surface area contributed by atoms with Gasteiger partial charge in [0.2, 0.25) is 0 Å². The minimum Gasteiger partial charge on any atom is -0.338 e. The first kappa shape index (κ1) is 14.8. The molecule has 1 aromatic rings. The molecule has 0 saturated heterocycles. The topological polar surface area (TPSA) is 63.5 Å². The summed E-state index contributed by atoms with van der Waals surface area (Å²) in [7, 11) is 0. The van der Waals surface area contributed by atoms with Crippen molar-refractivity contribution in [2.45, 2.75) is 26.2 Å². The molecular formula is C14H17ClN2O3. The van der Waals surface area contributed by atoms with Gasteiger partial charge in [0, 0.05) is 24.2 Å². The highest BCUT2D eigenvalue weighted by Crippen LogP contribution is 2.29. The Balaban J connectivity index is 2.25. The predicted octanol–water partition coefficient (Wildman–Crippen LogP) is 3.51. The molecule has 0 bridgehead atoms. The summed E-state index contributed by atoms with van der Waals surface area (Å²) in [6, 6.07) is 4.09. The molecule has 1 amide bonds. The third kappa shape index (κ3) is 3.10. The summed E-state index contributed by atoms with van der Waals surface area (Å²) in [5, 5.41) is 11.4. The lowest BCUT2D eigenvalue weighted by atomic mass is 9.85. The summed E-state index contributed by atoms with van der Waals surface area (Å²) in [5.41, 5.74) is -0.116.